The summed E-state index contributed by atoms with van der Waals surface area (Å²) in [6.07, 6.45) is 4.62. The molecular formula is C20H24N4O3. The van der Waals surface area contributed by atoms with Crippen LogP contribution in [0.15, 0.2) is 30.3 Å². The summed E-state index contributed by atoms with van der Waals surface area (Å²) >= 11 is 0. The van der Waals surface area contributed by atoms with Crippen LogP contribution in [-0.2, 0) is 4.74 Å². The lowest BCUT2D eigenvalue weighted by Crippen LogP contribution is -2.20. The van der Waals surface area contributed by atoms with Gasteiger partial charge in [-0.1, -0.05) is 12.8 Å². The van der Waals surface area contributed by atoms with Gasteiger partial charge in [0.1, 0.15) is 5.69 Å². The predicted molar refractivity (Wildman–Crippen MR) is 103 cm³/mol. The van der Waals surface area contributed by atoms with Crippen LogP contribution in [0, 0.1) is 6.92 Å². The molecule has 7 heteroatoms. The molecule has 0 radical (unpaired) electrons. The van der Waals surface area contributed by atoms with E-state index in [9.17, 15) is 9.59 Å². The Morgan fingerprint density at radius 2 is 1.85 bits per heavy atom. The minimum Gasteiger partial charge on any atom is -0.462 e. The van der Waals surface area contributed by atoms with Gasteiger partial charge >= 0.3 is 5.97 Å². The van der Waals surface area contributed by atoms with E-state index in [-0.39, 0.29) is 11.9 Å². The Hall–Kier alpha value is -2.96. The molecule has 2 N–H and O–H groups in total. The van der Waals surface area contributed by atoms with Crippen LogP contribution in [0.25, 0.3) is 0 Å². The molecule has 1 heterocycles. The molecule has 1 aliphatic carbocycles. The van der Waals surface area contributed by atoms with E-state index >= 15 is 0 Å². The lowest BCUT2D eigenvalue weighted by Gasteiger charge is -2.13. The maximum Gasteiger partial charge on any atom is 0.338 e. The van der Waals surface area contributed by atoms with Gasteiger partial charge in [-0.3, -0.25) is 4.79 Å². The third-order valence-electron chi connectivity index (χ3n) is 4.43. The Labute approximate surface area is 158 Å². The van der Waals surface area contributed by atoms with E-state index in [0.717, 1.165) is 18.5 Å². The summed E-state index contributed by atoms with van der Waals surface area (Å²) in [5.41, 5.74) is 2.05. The van der Waals surface area contributed by atoms with Crippen LogP contribution < -0.4 is 10.6 Å². The number of rotatable bonds is 6. The van der Waals surface area contributed by atoms with Crippen LogP contribution in [0.3, 0.4) is 0 Å². The average molecular weight is 368 g/mol. The maximum absolute atomic E-state index is 12.6. The van der Waals surface area contributed by atoms with E-state index in [2.05, 4.69) is 20.6 Å². The summed E-state index contributed by atoms with van der Waals surface area (Å²) in [7, 11) is 0. The van der Waals surface area contributed by atoms with Gasteiger partial charge in [-0.2, -0.15) is 0 Å². The van der Waals surface area contributed by atoms with Gasteiger partial charge in [0, 0.05) is 17.4 Å². The van der Waals surface area contributed by atoms with Gasteiger partial charge < -0.3 is 15.4 Å². The zero-order valence-electron chi connectivity index (χ0n) is 15.6. The highest BCUT2D eigenvalue weighted by molar-refractivity contribution is 6.03. The first kappa shape index (κ1) is 18.8. The van der Waals surface area contributed by atoms with E-state index in [1.54, 1.807) is 37.3 Å². The third kappa shape index (κ3) is 5.03. The van der Waals surface area contributed by atoms with Crippen molar-refractivity contribution in [2.45, 2.75) is 45.6 Å². The lowest BCUT2D eigenvalue weighted by atomic mass is 10.2. The second kappa shape index (κ2) is 8.62. The Kier molecular flexibility index (Phi) is 6.01. The van der Waals surface area contributed by atoms with Crippen LogP contribution >= 0.6 is 0 Å². The fraction of sp³-hybridized carbons (Fsp3) is 0.400. The second-order valence-corrected chi connectivity index (χ2v) is 6.60. The molecule has 0 spiro atoms. The molecule has 0 unspecified atom stereocenters. The molecule has 0 atom stereocenters. The van der Waals surface area contributed by atoms with E-state index in [0.29, 0.717) is 35.5 Å². The zero-order valence-corrected chi connectivity index (χ0v) is 15.6. The number of ether oxygens (including phenoxy) is 1. The number of esters is 1. The van der Waals surface area contributed by atoms with Crippen LogP contribution in [0.4, 0.5) is 11.6 Å². The zero-order chi connectivity index (χ0) is 19.2. The molecule has 0 bridgehead atoms. The number of aromatic nitrogens is 2. The van der Waals surface area contributed by atoms with Crippen molar-refractivity contribution in [3.63, 3.8) is 0 Å². The standard InChI is InChI=1S/C20H24N4O3/c1-3-27-19(26)14-8-10-16(11-9-14)22-18(25)17-12-13(2)21-20(24-17)23-15-6-4-5-7-15/h8-12,15H,3-7H2,1-2H3,(H,22,25)(H,21,23,24). The minimum absolute atomic E-state index is 0.303. The van der Waals surface area contributed by atoms with Crippen LogP contribution in [0.5, 0.6) is 0 Å². The number of carbonyl (C=O) groups excluding carboxylic acids is 2. The molecular weight excluding hydrogens is 344 g/mol. The van der Waals surface area contributed by atoms with Crippen molar-refractivity contribution >= 4 is 23.5 Å². The smallest absolute Gasteiger partial charge is 0.338 e. The number of carbonyl (C=O) groups is 2. The first-order valence-electron chi connectivity index (χ1n) is 9.26. The SMILES string of the molecule is CCOC(=O)c1ccc(NC(=O)c2cc(C)nc(NC3CCCC3)n2)cc1. The number of benzene rings is 1. The summed E-state index contributed by atoms with van der Waals surface area (Å²) in [5, 5.41) is 6.11. The molecule has 1 fully saturated rings. The minimum atomic E-state index is -0.385. The molecule has 1 amide bonds. The number of hydrogen-bond acceptors (Lipinski definition) is 6. The predicted octanol–water partition coefficient (Wildman–Crippen LogP) is 3.57. The molecule has 2 aromatic rings. The Bertz CT molecular complexity index is 814. The van der Waals surface area contributed by atoms with E-state index in [1.165, 1.54) is 12.8 Å². The number of nitrogens with zero attached hydrogens (tertiary/aromatic N) is 2. The molecule has 1 aliphatic rings. The summed E-state index contributed by atoms with van der Waals surface area (Å²) in [6, 6.07) is 8.59. The van der Waals surface area contributed by atoms with Crippen molar-refractivity contribution in [2.24, 2.45) is 0 Å². The molecule has 1 aromatic carbocycles. The number of amides is 1. The molecule has 0 aliphatic heterocycles. The van der Waals surface area contributed by atoms with Crippen molar-refractivity contribution in [3.05, 3.63) is 47.3 Å². The van der Waals surface area contributed by atoms with Crippen LogP contribution in [0.1, 0.15) is 59.1 Å². The van der Waals surface area contributed by atoms with Gasteiger partial charge in [0.2, 0.25) is 5.95 Å². The van der Waals surface area contributed by atoms with Crippen LogP contribution in [0.2, 0.25) is 0 Å². The average Bonchev–Trinajstić information content (AvgIpc) is 3.15. The van der Waals surface area contributed by atoms with E-state index in [4.69, 9.17) is 4.74 Å². The van der Waals surface area contributed by atoms with Crippen molar-refractivity contribution in [2.75, 3.05) is 17.2 Å². The van der Waals surface area contributed by atoms with Crippen molar-refractivity contribution in [1.82, 2.24) is 9.97 Å². The number of anilines is 2. The van der Waals surface area contributed by atoms with Gasteiger partial charge in [-0.25, -0.2) is 14.8 Å². The van der Waals surface area contributed by atoms with E-state index in [1.807, 2.05) is 6.92 Å². The summed E-state index contributed by atoms with van der Waals surface area (Å²) < 4.78 is 4.95. The molecule has 1 saturated carbocycles. The molecule has 142 valence electrons. The summed E-state index contributed by atoms with van der Waals surface area (Å²) in [6.45, 7) is 3.92. The van der Waals surface area contributed by atoms with Gasteiger partial charge in [0.15, 0.2) is 0 Å². The van der Waals surface area contributed by atoms with Gasteiger partial charge in [-0.15, -0.1) is 0 Å². The summed E-state index contributed by atoms with van der Waals surface area (Å²) in [5.74, 6) is -0.215. The molecule has 27 heavy (non-hydrogen) atoms. The third-order valence-corrected chi connectivity index (χ3v) is 4.43. The number of aryl methyl sites for hydroxylation is 1. The second-order valence-electron chi connectivity index (χ2n) is 6.60. The monoisotopic (exact) mass is 368 g/mol. The van der Waals surface area contributed by atoms with Gasteiger partial charge in [0.05, 0.1) is 12.2 Å². The highest BCUT2D eigenvalue weighted by Gasteiger charge is 2.17. The highest BCUT2D eigenvalue weighted by Crippen LogP contribution is 2.21. The highest BCUT2D eigenvalue weighted by atomic mass is 16.5. The van der Waals surface area contributed by atoms with Crippen molar-refractivity contribution in [3.8, 4) is 0 Å². The van der Waals surface area contributed by atoms with Gasteiger partial charge in [-0.05, 0) is 57.0 Å². The van der Waals surface area contributed by atoms with Crippen molar-refractivity contribution in [1.29, 1.82) is 0 Å². The largest absolute Gasteiger partial charge is 0.462 e. The molecule has 0 saturated heterocycles. The number of nitrogens with one attached hydrogen (secondary N) is 2. The Morgan fingerprint density at radius 3 is 2.52 bits per heavy atom. The normalized spacial score (nSPS) is 14.0. The fourth-order valence-corrected chi connectivity index (χ4v) is 3.10. The maximum atomic E-state index is 12.6. The molecule has 1 aromatic heterocycles. The van der Waals surface area contributed by atoms with Crippen LogP contribution in [-0.4, -0.2) is 34.5 Å². The quantitative estimate of drug-likeness (QED) is 0.757. The van der Waals surface area contributed by atoms with Crippen molar-refractivity contribution < 1.29 is 14.3 Å². The summed E-state index contributed by atoms with van der Waals surface area (Å²) in [4.78, 5) is 33.0. The lowest BCUT2D eigenvalue weighted by molar-refractivity contribution is 0.0526. The first-order valence-corrected chi connectivity index (χ1v) is 9.26. The topological polar surface area (TPSA) is 93.2 Å². The van der Waals surface area contributed by atoms with Gasteiger partial charge in [0.25, 0.3) is 5.91 Å². The van der Waals surface area contributed by atoms with E-state index < -0.39 is 0 Å². The Morgan fingerprint density at radius 1 is 1.15 bits per heavy atom. The first-order chi connectivity index (χ1) is 13.0. The Balaban J connectivity index is 1.68. The molecule has 3 rings (SSSR count). The number of hydrogen-bond donors (Lipinski definition) is 2. The fourth-order valence-electron chi connectivity index (χ4n) is 3.10. The molecule has 7 nitrogen and oxygen atoms in total.